The fourth-order valence-electron chi connectivity index (χ4n) is 1.90. The molecule has 0 aromatic heterocycles. The molecular formula is C16H8BrF2NO2. The van der Waals surface area contributed by atoms with Crippen molar-refractivity contribution in [1.29, 1.82) is 0 Å². The Bertz CT molecular complexity index is 813. The van der Waals surface area contributed by atoms with Gasteiger partial charge in [0.15, 0.2) is 5.70 Å². The van der Waals surface area contributed by atoms with Crippen LogP contribution in [0.1, 0.15) is 11.1 Å². The van der Waals surface area contributed by atoms with Crippen LogP contribution in [0.5, 0.6) is 0 Å². The molecule has 0 fully saturated rings. The summed E-state index contributed by atoms with van der Waals surface area (Å²) in [7, 11) is 0. The Kier molecular flexibility index (Phi) is 3.85. The van der Waals surface area contributed by atoms with Gasteiger partial charge in [0.1, 0.15) is 11.6 Å². The summed E-state index contributed by atoms with van der Waals surface area (Å²) in [5, 5.41) is 0. The number of esters is 1. The van der Waals surface area contributed by atoms with Crippen LogP contribution >= 0.6 is 15.9 Å². The molecule has 0 saturated carbocycles. The number of rotatable bonds is 2. The number of carbonyl (C=O) groups excluding carboxylic acids is 1. The number of aliphatic imine (C=N–C) groups is 1. The van der Waals surface area contributed by atoms with E-state index in [1.165, 1.54) is 42.5 Å². The molecule has 0 spiro atoms. The van der Waals surface area contributed by atoms with Crippen molar-refractivity contribution in [2.45, 2.75) is 0 Å². The summed E-state index contributed by atoms with van der Waals surface area (Å²) in [4.78, 5) is 15.8. The Hall–Kier alpha value is -2.34. The minimum Gasteiger partial charge on any atom is -0.402 e. The first kappa shape index (κ1) is 14.6. The Morgan fingerprint density at radius 1 is 1.09 bits per heavy atom. The van der Waals surface area contributed by atoms with Crippen LogP contribution in [-0.4, -0.2) is 11.9 Å². The molecule has 6 heteroatoms. The second-order valence-electron chi connectivity index (χ2n) is 4.51. The van der Waals surface area contributed by atoms with Gasteiger partial charge in [-0.1, -0.05) is 15.9 Å². The van der Waals surface area contributed by atoms with Gasteiger partial charge in [0.2, 0.25) is 5.90 Å². The Morgan fingerprint density at radius 3 is 2.55 bits per heavy atom. The van der Waals surface area contributed by atoms with Crippen molar-refractivity contribution in [2.24, 2.45) is 4.99 Å². The minimum absolute atomic E-state index is 0.0173. The molecule has 0 unspecified atom stereocenters. The third-order valence-corrected chi connectivity index (χ3v) is 3.46. The highest BCUT2D eigenvalue weighted by Crippen LogP contribution is 2.22. The number of hydrogen-bond acceptors (Lipinski definition) is 3. The first-order valence-corrected chi connectivity index (χ1v) is 7.06. The molecule has 0 bridgehead atoms. The first-order chi connectivity index (χ1) is 10.5. The average Bonchev–Trinajstić information content (AvgIpc) is 2.85. The smallest absolute Gasteiger partial charge is 0.363 e. The van der Waals surface area contributed by atoms with Crippen LogP contribution in [0.2, 0.25) is 0 Å². The van der Waals surface area contributed by atoms with Gasteiger partial charge >= 0.3 is 5.97 Å². The van der Waals surface area contributed by atoms with Crippen molar-refractivity contribution in [3.8, 4) is 0 Å². The number of ether oxygens (including phenoxy) is 1. The van der Waals surface area contributed by atoms with E-state index < -0.39 is 17.6 Å². The van der Waals surface area contributed by atoms with E-state index in [-0.39, 0.29) is 17.2 Å². The fraction of sp³-hybridized carbons (Fsp3) is 0. The lowest BCUT2D eigenvalue weighted by Crippen LogP contribution is -2.05. The molecule has 0 aliphatic carbocycles. The van der Waals surface area contributed by atoms with Crippen LogP contribution in [0.15, 0.2) is 57.6 Å². The third kappa shape index (κ3) is 2.96. The highest BCUT2D eigenvalue weighted by atomic mass is 79.9. The van der Waals surface area contributed by atoms with E-state index in [0.29, 0.717) is 10.0 Å². The Labute approximate surface area is 133 Å². The minimum atomic E-state index is -0.682. The molecule has 3 rings (SSSR count). The zero-order valence-corrected chi connectivity index (χ0v) is 12.6. The maximum Gasteiger partial charge on any atom is 0.363 e. The molecule has 2 aromatic rings. The first-order valence-electron chi connectivity index (χ1n) is 6.26. The predicted octanol–water partition coefficient (Wildman–Crippen LogP) is 4.07. The molecule has 110 valence electrons. The third-order valence-electron chi connectivity index (χ3n) is 2.96. The number of halogens is 3. The maximum atomic E-state index is 13.7. The molecule has 2 aromatic carbocycles. The predicted molar refractivity (Wildman–Crippen MR) is 81.1 cm³/mol. The van der Waals surface area contributed by atoms with Gasteiger partial charge < -0.3 is 4.74 Å². The van der Waals surface area contributed by atoms with Gasteiger partial charge in [-0.05, 0) is 48.5 Å². The monoisotopic (exact) mass is 363 g/mol. The molecule has 1 aliphatic heterocycles. The van der Waals surface area contributed by atoms with E-state index in [9.17, 15) is 13.6 Å². The van der Waals surface area contributed by atoms with Crippen molar-refractivity contribution in [1.82, 2.24) is 0 Å². The number of nitrogens with zero attached hydrogens (tertiary/aromatic N) is 1. The van der Waals surface area contributed by atoms with Gasteiger partial charge in [0.05, 0.1) is 0 Å². The Balaban J connectivity index is 1.97. The zero-order valence-electron chi connectivity index (χ0n) is 11.0. The average molecular weight is 364 g/mol. The summed E-state index contributed by atoms with van der Waals surface area (Å²) in [5.74, 6) is -1.50. The number of cyclic esters (lactones) is 1. The lowest BCUT2D eigenvalue weighted by molar-refractivity contribution is -0.129. The van der Waals surface area contributed by atoms with E-state index in [4.69, 9.17) is 4.74 Å². The van der Waals surface area contributed by atoms with Crippen molar-refractivity contribution in [3.63, 3.8) is 0 Å². The summed E-state index contributed by atoms with van der Waals surface area (Å²) in [5.41, 5.74) is 0.662. The lowest BCUT2D eigenvalue weighted by Gasteiger charge is -1.98. The fourth-order valence-corrected chi connectivity index (χ4v) is 2.28. The van der Waals surface area contributed by atoms with Crippen LogP contribution in [0.25, 0.3) is 6.08 Å². The van der Waals surface area contributed by atoms with E-state index in [0.717, 1.165) is 0 Å². The quantitative estimate of drug-likeness (QED) is 0.595. The van der Waals surface area contributed by atoms with Crippen LogP contribution in [0.4, 0.5) is 8.78 Å². The molecule has 0 radical (unpaired) electrons. The van der Waals surface area contributed by atoms with Gasteiger partial charge in [-0.15, -0.1) is 0 Å². The van der Waals surface area contributed by atoms with Crippen LogP contribution in [-0.2, 0) is 9.53 Å². The maximum absolute atomic E-state index is 13.7. The summed E-state index contributed by atoms with van der Waals surface area (Å²) < 4.78 is 32.3. The van der Waals surface area contributed by atoms with Gasteiger partial charge in [0, 0.05) is 15.6 Å². The molecule has 3 nitrogen and oxygen atoms in total. The van der Waals surface area contributed by atoms with Gasteiger partial charge in [-0.2, -0.15) is 0 Å². The largest absolute Gasteiger partial charge is 0.402 e. The van der Waals surface area contributed by atoms with E-state index in [1.807, 2.05) is 0 Å². The molecule has 0 atom stereocenters. The van der Waals surface area contributed by atoms with Crippen molar-refractivity contribution < 1.29 is 18.3 Å². The SMILES string of the molecule is O=C1OC(c2ccc(F)cc2)=N/C1=C\c1cc(Br)ccc1F. The summed E-state index contributed by atoms with van der Waals surface area (Å²) >= 11 is 3.23. The van der Waals surface area contributed by atoms with Crippen LogP contribution in [0.3, 0.4) is 0 Å². The highest BCUT2D eigenvalue weighted by Gasteiger charge is 2.24. The number of carbonyl (C=O) groups is 1. The standard InChI is InChI=1S/C16H8BrF2NO2/c17-11-3-6-13(19)10(7-11)8-14-16(21)22-15(20-14)9-1-4-12(18)5-2-9/h1-8H/b14-8-. The molecule has 22 heavy (non-hydrogen) atoms. The normalized spacial score (nSPS) is 15.9. The van der Waals surface area contributed by atoms with Crippen LogP contribution < -0.4 is 0 Å². The van der Waals surface area contributed by atoms with Crippen molar-refractivity contribution >= 4 is 33.9 Å². The Morgan fingerprint density at radius 2 is 1.82 bits per heavy atom. The van der Waals surface area contributed by atoms with Gasteiger partial charge in [-0.3, -0.25) is 0 Å². The molecule has 0 saturated heterocycles. The molecule has 0 amide bonds. The molecule has 1 heterocycles. The highest BCUT2D eigenvalue weighted by molar-refractivity contribution is 9.10. The number of benzene rings is 2. The topological polar surface area (TPSA) is 38.7 Å². The van der Waals surface area contributed by atoms with E-state index in [1.54, 1.807) is 6.07 Å². The number of hydrogen-bond donors (Lipinski definition) is 0. The summed E-state index contributed by atoms with van der Waals surface area (Å²) in [6.07, 6.45) is 1.30. The van der Waals surface area contributed by atoms with Gasteiger partial charge in [-0.25, -0.2) is 18.6 Å². The van der Waals surface area contributed by atoms with Gasteiger partial charge in [0.25, 0.3) is 0 Å². The second kappa shape index (κ2) is 5.81. The summed E-state index contributed by atoms with van der Waals surface area (Å²) in [6.45, 7) is 0. The van der Waals surface area contributed by atoms with Crippen molar-refractivity contribution in [2.75, 3.05) is 0 Å². The molecule has 0 N–H and O–H groups in total. The van der Waals surface area contributed by atoms with E-state index >= 15 is 0 Å². The summed E-state index contributed by atoms with van der Waals surface area (Å²) in [6, 6.07) is 9.73. The second-order valence-corrected chi connectivity index (χ2v) is 5.42. The molecular weight excluding hydrogens is 356 g/mol. The van der Waals surface area contributed by atoms with Crippen LogP contribution in [0, 0.1) is 11.6 Å². The molecule has 1 aliphatic rings. The van der Waals surface area contributed by atoms with E-state index in [2.05, 4.69) is 20.9 Å². The van der Waals surface area contributed by atoms with Crippen molar-refractivity contribution in [3.05, 3.63) is 75.4 Å². The lowest BCUT2D eigenvalue weighted by atomic mass is 10.2. The zero-order chi connectivity index (χ0) is 15.7.